The van der Waals surface area contributed by atoms with E-state index in [2.05, 4.69) is 47.5 Å². The highest BCUT2D eigenvalue weighted by Gasteiger charge is 2.50. The molecular weight excluding hydrogens is 380 g/mol. The minimum absolute atomic E-state index is 0.313. The summed E-state index contributed by atoms with van der Waals surface area (Å²) >= 11 is 0. The molecule has 1 unspecified atom stereocenters. The van der Waals surface area contributed by atoms with Crippen LogP contribution >= 0.6 is 0 Å². The Morgan fingerprint density at radius 3 is 2.65 bits per heavy atom. The van der Waals surface area contributed by atoms with Gasteiger partial charge in [-0.3, -0.25) is 4.79 Å². The first-order valence-corrected chi connectivity index (χ1v) is 13.2. The molecule has 3 nitrogen and oxygen atoms in total. The van der Waals surface area contributed by atoms with Gasteiger partial charge in [-0.1, -0.05) is 50.1 Å². The van der Waals surface area contributed by atoms with E-state index in [9.17, 15) is 4.79 Å². The molecule has 3 heterocycles. The molecule has 3 saturated heterocycles. The van der Waals surface area contributed by atoms with Crippen LogP contribution in [0.2, 0.25) is 0 Å². The number of amides is 1. The first-order valence-electron chi connectivity index (χ1n) is 13.2. The number of nitrogens with one attached hydrogen (secondary N) is 1. The third kappa shape index (κ3) is 4.45. The Kier molecular flexibility index (Phi) is 6.16. The summed E-state index contributed by atoms with van der Waals surface area (Å²) in [4.78, 5) is 15.4. The van der Waals surface area contributed by atoms with Crippen LogP contribution in [0, 0.1) is 17.3 Å². The average molecular weight is 423 g/mol. The highest BCUT2D eigenvalue weighted by Crippen LogP contribution is 2.60. The number of piperidine rings is 3. The molecule has 31 heavy (non-hydrogen) atoms. The molecule has 1 N–H and O–H groups in total. The standard InChI is InChI=1S/C28H42N2O/c1-2-13-27-14-6-15-28(21-27,24-7-4-3-5-8-24)19-22(18-27)9-10-26(31)29-25-20-30-16-11-23(25)12-17-30/h3-5,7-8,22-23,25H,2,6,9-21H2,1H3,(H,29,31)/t22?,25-,27-,28-/m0/s1. The van der Waals surface area contributed by atoms with Gasteiger partial charge in [0, 0.05) is 19.0 Å². The molecule has 1 aromatic carbocycles. The molecule has 5 aliphatic rings. The Morgan fingerprint density at radius 1 is 1.13 bits per heavy atom. The number of fused-ring (bicyclic) bond motifs is 5. The van der Waals surface area contributed by atoms with Crippen LogP contribution in [0.1, 0.15) is 89.5 Å². The maximum atomic E-state index is 12.9. The zero-order valence-corrected chi connectivity index (χ0v) is 19.6. The van der Waals surface area contributed by atoms with Gasteiger partial charge in [-0.05, 0) is 99.1 Å². The Labute approximate surface area is 189 Å². The predicted molar refractivity (Wildman–Crippen MR) is 127 cm³/mol. The van der Waals surface area contributed by atoms with Crippen molar-refractivity contribution in [3.05, 3.63) is 35.9 Å². The average Bonchev–Trinajstić information content (AvgIpc) is 2.79. The quantitative estimate of drug-likeness (QED) is 0.612. The Hall–Kier alpha value is -1.35. The van der Waals surface area contributed by atoms with Crippen molar-refractivity contribution < 1.29 is 4.79 Å². The minimum atomic E-state index is 0.313. The fraction of sp³-hybridized carbons (Fsp3) is 0.750. The molecule has 3 heteroatoms. The second kappa shape index (κ2) is 8.89. The Bertz CT molecular complexity index is 752. The topological polar surface area (TPSA) is 32.3 Å². The van der Waals surface area contributed by atoms with Crippen molar-refractivity contribution >= 4 is 5.91 Å². The number of hydrogen-bond acceptors (Lipinski definition) is 2. The van der Waals surface area contributed by atoms with E-state index in [1.807, 2.05) is 0 Å². The second-order valence-corrected chi connectivity index (χ2v) is 11.6. The van der Waals surface area contributed by atoms with Gasteiger partial charge in [-0.25, -0.2) is 0 Å². The normalized spacial score (nSPS) is 39.3. The highest BCUT2D eigenvalue weighted by molar-refractivity contribution is 5.76. The first-order chi connectivity index (χ1) is 15.1. The Morgan fingerprint density at radius 2 is 1.94 bits per heavy atom. The van der Waals surface area contributed by atoms with E-state index in [0.717, 1.165) is 25.3 Å². The van der Waals surface area contributed by atoms with Crippen LogP contribution in [0.25, 0.3) is 0 Å². The van der Waals surface area contributed by atoms with Crippen LogP contribution in [0.5, 0.6) is 0 Å². The number of nitrogens with zero attached hydrogens (tertiary/aromatic N) is 1. The molecule has 1 aromatic rings. The fourth-order valence-electron chi connectivity index (χ4n) is 8.23. The summed E-state index contributed by atoms with van der Waals surface area (Å²) in [5.41, 5.74) is 2.43. The van der Waals surface area contributed by atoms with E-state index < -0.39 is 0 Å². The SMILES string of the molecule is CCC[C@]12CCC[C@](c3ccccc3)(CC(CCC(=O)N[C@H]3CN4CCC3CC4)C1)C2. The van der Waals surface area contributed by atoms with E-state index in [4.69, 9.17) is 0 Å². The lowest BCUT2D eigenvalue weighted by molar-refractivity contribution is -0.123. The van der Waals surface area contributed by atoms with Crippen molar-refractivity contribution in [3.8, 4) is 0 Å². The summed E-state index contributed by atoms with van der Waals surface area (Å²) in [6.45, 7) is 5.91. The number of hydrogen-bond donors (Lipinski definition) is 1. The third-order valence-electron chi connectivity index (χ3n) is 9.43. The van der Waals surface area contributed by atoms with Gasteiger partial charge in [0.25, 0.3) is 0 Å². The molecule has 4 atom stereocenters. The minimum Gasteiger partial charge on any atom is -0.352 e. The van der Waals surface area contributed by atoms with Crippen LogP contribution in [0.15, 0.2) is 30.3 Å². The molecule has 0 aromatic heterocycles. The summed E-state index contributed by atoms with van der Waals surface area (Å²) in [5.74, 6) is 1.73. The van der Waals surface area contributed by atoms with Gasteiger partial charge < -0.3 is 10.2 Å². The van der Waals surface area contributed by atoms with Crippen LogP contribution < -0.4 is 5.32 Å². The molecule has 4 bridgehead atoms. The largest absolute Gasteiger partial charge is 0.352 e. The van der Waals surface area contributed by atoms with E-state index in [1.165, 1.54) is 77.3 Å². The number of benzene rings is 1. The first kappa shape index (κ1) is 21.5. The number of carbonyl (C=O) groups is 1. The summed E-state index contributed by atoms with van der Waals surface area (Å²) < 4.78 is 0. The van der Waals surface area contributed by atoms with Gasteiger partial charge in [-0.2, -0.15) is 0 Å². The third-order valence-corrected chi connectivity index (χ3v) is 9.43. The van der Waals surface area contributed by atoms with Crippen molar-refractivity contribution in [1.29, 1.82) is 0 Å². The number of rotatable bonds is 7. The van der Waals surface area contributed by atoms with Crippen LogP contribution in [0.3, 0.4) is 0 Å². The molecule has 0 radical (unpaired) electrons. The molecule has 5 fully saturated rings. The van der Waals surface area contributed by atoms with E-state index in [1.54, 1.807) is 5.56 Å². The van der Waals surface area contributed by atoms with E-state index in [-0.39, 0.29) is 0 Å². The Balaban J connectivity index is 1.25. The van der Waals surface area contributed by atoms with Crippen molar-refractivity contribution in [2.75, 3.05) is 19.6 Å². The summed E-state index contributed by atoms with van der Waals surface area (Å²) in [6.07, 6.45) is 15.1. The van der Waals surface area contributed by atoms with Gasteiger partial charge in [0.05, 0.1) is 0 Å². The lowest BCUT2D eigenvalue weighted by Crippen LogP contribution is -2.57. The van der Waals surface area contributed by atoms with Crippen molar-refractivity contribution in [3.63, 3.8) is 0 Å². The molecule has 170 valence electrons. The van der Waals surface area contributed by atoms with Gasteiger partial charge in [-0.15, -0.1) is 0 Å². The van der Waals surface area contributed by atoms with Crippen molar-refractivity contribution in [2.45, 2.75) is 95.4 Å². The predicted octanol–water partition coefficient (Wildman–Crippen LogP) is 5.69. The summed E-state index contributed by atoms with van der Waals surface area (Å²) in [7, 11) is 0. The smallest absolute Gasteiger partial charge is 0.220 e. The van der Waals surface area contributed by atoms with Crippen molar-refractivity contribution in [2.24, 2.45) is 17.3 Å². The van der Waals surface area contributed by atoms with E-state index in [0.29, 0.717) is 28.7 Å². The van der Waals surface area contributed by atoms with Crippen molar-refractivity contribution in [1.82, 2.24) is 10.2 Å². The van der Waals surface area contributed by atoms with E-state index >= 15 is 0 Å². The number of carbonyl (C=O) groups excluding carboxylic acids is 1. The lowest BCUT2D eigenvalue weighted by atomic mass is 9.49. The highest BCUT2D eigenvalue weighted by atomic mass is 16.1. The molecule has 2 saturated carbocycles. The fourth-order valence-corrected chi connectivity index (χ4v) is 8.23. The molecule has 3 aliphatic heterocycles. The molecule has 1 amide bonds. The lowest BCUT2D eigenvalue weighted by Gasteiger charge is -2.56. The van der Waals surface area contributed by atoms with Gasteiger partial charge in [0.1, 0.15) is 0 Å². The van der Waals surface area contributed by atoms with Crippen LogP contribution in [0.4, 0.5) is 0 Å². The molecule has 0 spiro atoms. The maximum Gasteiger partial charge on any atom is 0.220 e. The molecule has 6 rings (SSSR count). The summed E-state index contributed by atoms with van der Waals surface area (Å²) in [5, 5.41) is 3.44. The van der Waals surface area contributed by atoms with Crippen LogP contribution in [-0.4, -0.2) is 36.5 Å². The van der Waals surface area contributed by atoms with Gasteiger partial charge >= 0.3 is 0 Å². The molecule has 2 aliphatic carbocycles. The zero-order valence-electron chi connectivity index (χ0n) is 19.6. The van der Waals surface area contributed by atoms with Crippen LogP contribution in [-0.2, 0) is 10.2 Å². The maximum absolute atomic E-state index is 12.9. The van der Waals surface area contributed by atoms with Gasteiger partial charge in [0.2, 0.25) is 5.91 Å². The van der Waals surface area contributed by atoms with Gasteiger partial charge in [0.15, 0.2) is 0 Å². The zero-order chi connectivity index (χ0) is 21.3. The monoisotopic (exact) mass is 422 g/mol. The second-order valence-electron chi connectivity index (χ2n) is 11.6. The summed E-state index contributed by atoms with van der Waals surface area (Å²) in [6, 6.07) is 11.8. The molecular formula is C28H42N2O.